The molecule has 0 aliphatic heterocycles. The van der Waals surface area contributed by atoms with Gasteiger partial charge >= 0.3 is 5.38 Å². The minimum absolute atomic E-state index is 0.481. The second-order valence-corrected chi connectivity index (χ2v) is 4.26. The zero-order valence-electron chi connectivity index (χ0n) is 5.52. The van der Waals surface area contributed by atoms with Crippen LogP contribution >= 0.6 is 69.6 Å². The smallest absolute Gasteiger partial charge is 0.182 e. The number of allylic oxidation sites excluding steroid dienone is 3. The van der Waals surface area contributed by atoms with Crippen molar-refractivity contribution in [1.82, 2.24) is 0 Å². The summed E-state index contributed by atoms with van der Waals surface area (Å²) < 4.78 is 24.1. The summed E-state index contributed by atoms with van der Waals surface area (Å²) in [6, 6.07) is 0. The van der Waals surface area contributed by atoms with Crippen molar-refractivity contribution in [3.63, 3.8) is 0 Å². The second-order valence-electron chi connectivity index (χ2n) is 1.70. The Morgan fingerprint density at radius 1 is 0.846 bits per heavy atom. The van der Waals surface area contributed by atoms with Crippen LogP contribution in [0.15, 0.2) is 19.6 Å². The van der Waals surface area contributed by atoms with E-state index in [1.165, 1.54) is 0 Å². The van der Waals surface area contributed by atoms with Crippen molar-refractivity contribution in [2.75, 3.05) is 0 Å². The molecule has 13 heavy (non-hydrogen) atoms. The maximum Gasteiger partial charge on any atom is 0.360 e. The Labute approximate surface area is 103 Å². The van der Waals surface area contributed by atoms with E-state index in [1.807, 2.05) is 0 Å². The third-order valence-electron chi connectivity index (χ3n) is 0.800. The number of halogens is 8. The zero-order chi connectivity index (χ0) is 10.8. The van der Waals surface area contributed by atoms with Crippen LogP contribution in [0.4, 0.5) is 8.78 Å². The maximum absolute atomic E-state index is 12.3. The van der Waals surface area contributed by atoms with Gasteiger partial charge in [-0.25, -0.2) is 0 Å². The first-order valence-corrected chi connectivity index (χ1v) is 4.78. The van der Waals surface area contributed by atoms with Crippen molar-refractivity contribution in [3.8, 4) is 0 Å². The summed E-state index contributed by atoms with van der Waals surface area (Å²) >= 11 is 30.6. The van der Waals surface area contributed by atoms with Crippen molar-refractivity contribution in [1.29, 1.82) is 0 Å². The van der Waals surface area contributed by atoms with Crippen molar-refractivity contribution < 1.29 is 8.78 Å². The van der Waals surface area contributed by atoms with Gasteiger partial charge in [-0.2, -0.15) is 8.78 Å². The molecule has 0 saturated carbocycles. The molecular weight excluding hydrogens is 311 g/mol. The van der Waals surface area contributed by atoms with Crippen molar-refractivity contribution in [3.05, 3.63) is 19.6 Å². The SMILES string of the molecule is FC(F)(Cl)/C(Cl)=C(\Cl)C(Cl)=C(Cl)Cl. The van der Waals surface area contributed by atoms with Crippen molar-refractivity contribution >= 4 is 69.6 Å². The van der Waals surface area contributed by atoms with Crippen LogP contribution in [0.25, 0.3) is 0 Å². The molecule has 0 bridgehead atoms. The molecule has 0 aromatic rings. The highest BCUT2D eigenvalue weighted by atomic mass is 35.5. The van der Waals surface area contributed by atoms with Gasteiger partial charge in [0.1, 0.15) is 9.52 Å². The van der Waals surface area contributed by atoms with Crippen LogP contribution in [0.3, 0.4) is 0 Å². The molecule has 0 unspecified atom stereocenters. The maximum atomic E-state index is 12.3. The molecule has 0 amide bonds. The summed E-state index contributed by atoms with van der Waals surface area (Å²) in [6.45, 7) is 0. The van der Waals surface area contributed by atoms with Crippen LogP contribution in [0.1, 0.15) is 0 Å². The predicted octanol–water partition coefficient (Wildman–Crippen LogP) is 5.39. The first kappa shape index (κ1) is 14.1. The van der Waals surface area contributed by atoms with E-state index in [9.17, 15) is 8.78 Å². The molecule has 0 fully saturated rings. The van der Waals surface area contributed by atoms with Gasteiger partial charge in [0.2, 0.25) is 0 Å². The van der Waals surface area contributed by atoms with Gasteiger partial charge in [0, 0.05) is 0 Å². The van der Waals surface area contributed by atoms with Crippen molar-refractivity contribution in [2.24, 2.45) is 0 Å². The van der Waals surface area contributed by atoms with Gasteiger partial charge < -0.3 is 0 Å². The van der Waals surface area contributed by atoms with Gasteiger partial charge in [0.25, 0.3) is 0 Å². The second kappa shape index (κ2) is 5.24. The third-order valence-corrected chi connectivity index (χ3v) is 3.03. The van der Waals surface area contributed by atoms with E-state index >= 15 is 0 Å². The molecule has 0 N–H and O–H groups in total. The summed E-state index contributed by atoms with van der Waals surface area (Å²) in [5.74, 6) is 0. The standard InChI is InChI=1S/C5Cl6F2/c6-1(2(7)4(9)10)3(8)5(11,12)13/b3-1+. The molecule has 0 aromatic heterocycles. The average molecular weight is 311 g/mol. The Morgan fingerprint density at radius 2 is 1.23 bits per heavy atom. The minimum Gasteiger partial charge on any atom is -0.182 e. The summed E-state index contributed by atoms with van der Waals surface area (Å²) in [4.78, 5) is 0. The molecule has 76 valence electrons. The molecule has 8 heteroatoms. The van der Waals surface area contributed by atoms with Gasteiger partial charge in [-0.15, -0.1) is 0 Å². The fraction of sp³-hybridized carbons (Fsp3) is 0.200. The third kappa shape index (κ3) is 4.41. The van der Waals surface area contributed by atoms with E-state index in [0.29, 0.717) is 0 Å². The molecule has 0 heterocycles. The van der Waals surface area contributed by atoms with Crippen LogP contribution in [0.2, 0.25) is 0 Å². The fourth-order valence-electron chi connectivity index (χ4n) is 0.304. The summed E-state index contributed by atoms with van der Waals surface area (Å²) in [5, 5.41) is -6.12. The van der Waals surface area contributed by atoms with E-state index in [2.05, 4.69) is 11.6 Å². The Bertz CT molecular complexity index is 259. The molecule has 0 nitrogen and oxygen atoms in total. The van der Waals surface area contributed by atoms with E-state index < -0.39 is 25.0 Å². The molecule has 0 rings (SSSR count). The first-order valence-electron chi connectivity index (χ1n) is 2.51. The molecular formula is C5Cl6F2. The summed E-state index contributed by atoms with van der Waals surface area (Å²) in [7, 11) is 0. The van der Waals surface area contributed by atoms with Gasteiger partial charge in [-0.05, 0) is 11.6 Å². The Balaban J connectivity index is 5.18. The van der Waals surface area contributed by atoms with Gasteiger partial charge in [0.15, 0.2) is 0 Å². The highest BCUT2D eigenvalue weighted by molar-refractivity contribution is 6.62. The van der Waals surface area contributed by atoms with E-state index in [4.69, 9.17) is 58.0 Å². The molecule has 0 aliphatic rings. The Kier molecular flexibility index (Phi) is 5.68. The number of hydrogen-bond acceptors (Lipinski definition) is 0. The van der Waals surface area contributed by atoms with Gasteiger partial charge in [-0.3, -0.25) is 0 Å². The fourth-order valence-corrected chi connectivity index (χ4v) is 1.18. The molecule has 0 aromatic carbocycles. The Hall–Kier alpha value is 1.08. The van der Waals surface area contributed by atoms with Crippen LogP contribution < -0.4 is 0 Å². The summed E-state index contributed by atoms with van der Waals surface area (Å²) in [6.07, 6.45) is 0. The van der Waals surface area contributed by atoms with Gasteiger partial charge in [-0.1, -0.05) is 58.0 Å². The molecule has 0 atom stereocenters. The lowest BCUT2D eigenvalue weighted by atomic mass is 10.5. The molecule has 0 spiro atoms. The Morgan fingerprint density at radius 3 is 1.46 bits per heavy atom. The lowest BCUT2D eigenvalue weighted by Gasteiger charge is -2.08. The van der Waals surface area contributed by atoms with Crippen LogP contribution in [-0.2, 0) is 0 Å². The topological polar surface area (TPSA) is 0 Å². The lowest BCUT2D eigenvalue weighted by Crippen LogP contribution is -2.06. The van der Waals surface area contributed by atoms with E-state index in [0.717, 1.165) is 0 Å². The normalized spacial score (nSPS) is 13.8. The van der Waals surface area contributed by atoms with E-state index in [1.54, 1.807) is 0 Å². The quantitative estimate of drug-likeness (QED) is 0.473. The van der Waals surface area contributed by atoms with Crippen LogP contribution in [-0.4, -0.2) is 5.38 Å². The zero-order valence-corrected chi connectivity index (χ0v) is 10.1. The van der Waals surface area contributed by atoms with E-state index in [-0.39, 0.29) is 0 Å². The monoisotopic (exact) mass is 308 g/mol. The predicted molar refractivity (Wildman–Crippen MR) is 54.1 cm³/mol. The molecule has 0 aliphatic carbocycles. The average Bonchev–Trinajstić information content (AvgIpc) is 1.98. The lowest BCUT2D eigenvalue weighted by molar-refractivity contribution is 0.147. The molecule has 0 radical (unpaired) electrons. The van der Waals surface area contributed by atoms with Crippen LogP contribution in [0.5, 0.6) is 0 Å². The largest absolute Gasteiger partial charge is 0.360 e. The number of rotatable bonds is 2. The molecule has 0 saturated heterocycles. The highest BCUT2D eigenvalue weighted by Gasteiger charge is 2.33. The van der Waals surface area contributed by atoms with Gasteiger partial charge in [0.05, 0.1) is 10.1 Å². The number of hydrogen-bond donors (Lipinski definition) is 0. The highest BCUT2D eigenvalue weighted by Crippen LogP contribution is 2.40. The summed E-state index contributed by atoms with van der Waals surface area (Å²) in [5.41, 5.74) is 0. The number of alkyl halides is 3. The minimum atomic E-state index is -3.80. The van der Waals surface area contributed by atoms with Crippen molar-refractivity contribution in [2.45, 2.75) is 5.38 Å². The van der Waals surface area contributed by atoms with Crippen LogP contribution in [0, 0.1) is 0 Å². The first-order chi connectivity index (χ1) is 5.68.